The van der Waals surface area contributed by atoms with Gasteiger partial charge in [-0.15, -0.1) is 0 Å². The Labute approximate surface area is 127 Å². The maximum absolute atomic E-state index is 9.08. The monoisotopic (exact) mass is 293 g/mol. The second-order valence-electron chi connectivity index (χ2n) is 5.48. The fraction of sp³-hybridized carbons (Fsp3) is 0.625. The molecule has 1 fully saturated rings. The van der Waals surface area contributed by atoms with Crippen LogP contribution in [0.1, 0.15) is 18.0 Å². The van der Waals surface area contributed by atoms with E-state index in [9.17, 15) is 0 Å². The Balaban J connectivity index is 2.06. The minimum absolute atomic E-state index is 0.231. The van der Waals surface area contributed by atoms with Gasteiger partial charge in [0.2, 0.25) is 0 Å². The van der Waals surface area contributed by atoms with Gasteiger partial charge in [0.05, 0.1) is 13.7 Å². The normalized spacial score (nSPS) is 19.2. The first-order valence-corrected chi connectivity index (χ1v) is 7.69. The van der Waals surface area contributed by atoms with E-state index in [0.717, 1.165) is 44.9 Å². The maximum atomic E-state index is 9.08. The van der Waals surface area contributed by atoms with Gasteiger partial charge in [0.15, 0.2) is 0 Å². The van der Waals surface area contributed by atoms with Crippen molar-refractivity contribution in [2.75, 3.05) is 53.0 Å². The topological polar surface area (TPSA) is 62.0 Å². The van der Waals surface area contributed by atoms with Gasteiger partial charge in [0, 0.05) is 38.8 Å². The van der Waals surface area contributed by atoms with Gasteiger partial charge < -0.3 is 15.6 Å². The highest BCUT2D eigenvalue weighted by Crippen LogP contribution is 2.24. The summed E-state index contributed by atoms with van der Waals surface area (Å²) in [5.74, 6) is 0.877. The fourth-order valence-corrected chi connectivity index (χ4v) is 3.01. The molecule has 1 aliphatic rings. The summed E-state index contributed by atoms with van der Waals surface area (Å²) >= 11 is 0. The lowest BCUT2D eigenvalue weighted by Crippen LogP contribution is -2.37. The fourth-order valence-electron chi connectivity index (χ4n) is 3.01. The predicted octanol–water partition coefficient (Wildman–Crippen LogP) is 0.695. The minimum Gasteiger partial charge on any atom is -0.497 e. The Morgan fingerprint density at radius 3 is 2.86 bits per heavy atom. The van der Waals surface area contributed by atoms with Crippen molar-refractivity contribution >= 4 is 0 Å². The zero-order valence-electron chi connectivity index (χ0n) is 12.9. The molecule has 0 amide bonds. The number of nitrogens with zero attached hydrogens (tertiary/aromatic N) is 2. The van der Waals surface area contributed by atoms with Crippen LogP contribution < -0.4 is 10.5 Å². The number of β-amino-alcohol motifs (C(OH)–C–C–N with tert-alkyl or cyclic N) is 1. The largest absolute Gasteiger partial charge is 0.497 e. The second-order valence-corrected chi connectivity index (χ2v) is 5.48. The molecule has 1 heterocycles. The number of aliphatic hydroxyl groups is 1. The van der Waals surface area contributed by atoms with Gasteiger partial charge >= 0.3 is 0 Å². The molecule has 118 valence electrons. The number of aliphatic hydroxyl groups excluding tert-OH is 1. The zero-order chi connectivity index (χ0) is 15.1. The quantitative estimate of drug-likeness (QED) is 0.808. The molecule has 1 aromatic rings. The van der Waals surface area contributed by atoms with Gasteiger partial charge in [-0.1, -0.05) is 12.1 Å². The maximum Gasteiger partial charge on any atom is 0.119 e. The van der Waals surface area contributed by atoms with E-state index < -0.39 is 0 Å². The molecule has 1 saturated heterocycles. The van der Waals surface area contributed by atoms with E-state index in [1.165, 1.54) is 5.56 Å². The SMILES string of the molecule is COc1cccc(C(CN)N2CCCN(CCO)CC2)c1. The molecule has 21 heavy (non-hydrogen) atoms. The summed E-state index contributed by atoms with van der Waals surface area (Å²) in [6.07, 6.45) is 1.11. The summed E-state index contributed by atoms with van der Waals surface area (Å²) in [5, 5.41) is 9.08. The van der Waals surface area contributed by atoms with Crippen LogP contribution in [0.15, 0.2) is 24.3 Å². The van der Waals surface area contributed by atoms with Crippen molar-refractivity contribution < 1.29 is 9.84 Å². The van der Waals surface area contributed by atoms with E-state index in [1.807, 2.05) is 12.1 Å². The van der Waals surface area contributed by atoms with Crippen LogP contribution in [0.3, 0.4) is 0 Å². The second kappa shape index (κ2) is 8.34. The van der Waals surface area contributed by atoms with E-state index >= 15 is 0 Å². The van der Waals surface area contributed by atoms with Crippen molar-refractivity contribution in [1.82, 2.24) is 9.80 Å². The molecule has 2 rings (SSSR count). The van der Waals surface area contributed by atoms with Crippen LogP contribution in [0.5, 0.6) is 5.75 Å². The van der Waals surface area contributed by atoms with Crippen molar-refractivity contribution in [2.24, 2.45) is 5.73 Å². The van der Waals surface area contributed by atoms with E-state index in [2.05, 4.69) is 21.9 Å². The number of hydrogen-bond acceptors (Lipinski definition) is 5. The Morgan fingerprint density at radius 2 is 2.14 bits per heavy atom. The van der Waals surface area contributed by atoms with Crippen LogP contribution in [0, 0.1) is 0 Å². The molecule has 0 saturated carbocycles. The minimum atomic E-state index is 0.231. The van der Waals surface area contributed by atoms with Crippen molar-refractivity contribution in [3.8, 4) is 5.75 Å². The molecule has 0 aromatic heterocycles. The average Bonchev–Trinajstić information content (AvgIpc) is 2.75. The van der Waals surface area contributed by atoms with Gasteiger partial charge in [0.1, 0.15) is 5.75 Å². The third kappa shape index (κ3) is 4.41. The van der Waals surface area contributed by atoms with Crippen LogP contribution in [0.25, 0.3) is 0 Å². The zero-order valence-corrected chi connectivity index (χ0v) is 12.9. The lowest BCUT2D eigenvalue weighted by Gasteiger charge is -2.30. The molecule has 1 aromatic carbocycles. The predicted molar refractivity (Wildman–Crippen MR) is 84.5 cm³/mol. The van der Waals surface area contributed by atoms with Crippen molar-refractivity contribution in [1.29, 1.82) is 0 Å². The summed E-state index contributed by atoms with van der Waals surface area (Å²) in [7, 11) is 1.69. The Hall–Kier alpha value is -1.14. The van der Waals surface area contributed by atoms with Gasteiger partial charge in [-0.3, -0.25) is 9.80 Å². The third-order valence-electron chi connectivity index (χ3n) is 4.18. The van der Waals surface area contributed by atoms with Crippen molar-refractivity contribution in [3.63, 3.8) is 0 Å². The molecule has 5 nitrogen and oxygen atoms in total. The van der Waals surface area contributed by atoms with Crippen molar-refractivity contribution in [3.05, 3.63) is 29.8 Å². The molecular weight excluding hydrogens is 266 g/mol. The first kappa shape index (κ1) is 16.2. The van der Waals surface area contributed by atoms with Crippen LogP contribution >= 0.6 is 0 Å². The number of hydrogen-bond donors (Lipinski definition) is 2. The van der Waals surface area contributed by atoms with E-state index in [0.29, 0.717) is 6.54 Å². The summed E-state index contributed by atoms with van der Waals surface area (Å²) in [5.41, 5.74) is 7.25. The molecule has 0 spiro atoms. The van der Waals surface area contributed by atoms with E-state index in [-0.39, 0.29) is 12.6 Å². The highest BCUT2D eigenvalue weighted by Gasteiger charge is 2.22. The van der Waals surface area contributed by atoms with E-state index in [1.54, 1.807) is 7.11 Å². The number of benzene rings is 1. The highest BCUT2D eigenvalue weighted by molar-refractivity contribution is 5.30. The summed E-state index contributed by atoms with van der Waals surface area (Å²) < 4.78 is 5.32. The summed E-state index contributed by atoms with van der Waals surface area (Å²) in [6.45, 7) is 5.66. The molecular formula is C16H27N3O2. The molecule has 0 aliphatic carbocycles. The third-order valence-corrected chi connectivity index (χ3v) is 4.18. The molecule has 1 unspecified atom stereocenters. The van der Waals surface area contributed by atoms with Crippen LogP contribution in [0.4, 0.5) is 0 Å². The number of rotatable bonds is 6. The van der Waals surface area contributed by atoms with Gasteiger partial charge in [-0.2, -0.15) is 0 Å². The lowest BCUT2D eigenvalue weighted by molar-refractivity contribution is 0.182. The number of nitrogens with two attached hydrogens (primary N) is 1. The molecule has 1 atom stereocenters. The molecule has 5 heteroatoms. The van der Waals surface area contributed by atoms with E-state index in [4.69, 9.17) is 15.6 Å². The van der Waals surface area contributed by atoms with Crippen LogP contribution in [0.2, 0.25) is 0 Å². The van der Waals surface area contributed by atoms with Gasteiger partial charge in [0.25, 0.3) is 0 Å². The molecule has 0 radical (unpaired) electrons. The van der Waals surface area contributed by atoms with Crippen molar-refractivity contribution in [2.45, 2.75) is 12.5 Å². The summed E-state index contributed by atoms with van der Waals surface area (Å²) in [6, 6.07) is 8.41. The summed E-state index contributed by atoms with van der Waals surface area (Å²) in [4.78, 5) is 4.77. The highest BCUT2D eigenvalue weighted by atomic mass is 16.5. The Kier molecular flexibility index (Phi) is 6.45. The van der Waals surface area contributed by atoms with Gasteiger partial charge in [-0.25, -0.2) is 0 Å². The number of methoxy groups -OCH3 is 1. The lowest BCUT2D eigenvalue weighted by atomic mass is 10.0. The smallest absolute Gasteiger partial charge is 0.119 e. The Bertz CT molecular complexity index is 428. The van der Waals surface area contributed by atoms with Gasteiger partial charge in [-0.05, 0) is 30.7 Å². The molecule has 3 N–H and O–H groups in total. The molecule has 0 bridgehead atoms. The first-order chi connectivity index (χ1) is 10.3. The molecule has 1 aliphatic heterocycles. The standard InChI is InChI=1S/C16H27N3O2/c1-21-15-5-2-4-14(12-15)16(13-17)19-7-3-6-18(8-9-19)10-11-20/h2,4-5,12,16,20H,3,6-11,13,17H2,1H3. The average molecular weight is 293 g/mol. The first-order valence-electron chi connectivity index (χ1n) is 7.69. The number of ether oxygens (including phenoxy) is 1. The van der Waals surface area contributed by atoms with Crippen LogP contribution in [-0.2, 0) is 0 Å². The Morgan fingerprint density at radius 1 is 1.29 bits per heavy atom. The van der Waals surface area contributed by atoms with Crippen LogP contribution in [-0.4, -0.2) is 67.9 Å².